The molecule has 0 spiro atoms. The first kappa shape index (κ1) is 16.9. The molecule has 0 radical (unpaired) electrons. The van der Waals surface area contributed by atoms with Crippen LogP contribution in [-0.2, 0) is 6.54 Å². The van der Waals surface area contributed by atoms with Crippen molar-refractivity contribution >= 4 is 22.9 Å². The molecule has 1 saturated heterocycles. The third-order valence-electron chi connectivity index (χ3n) is 4.50. The van der Waals surface area contributed by atoms with E-state index in [2.05, 4.69) is 38.6 Å². The van der Waals surface area contributed by atoms with Gasteiger partial charge in [-0.2, -0.15) is 0 Å². The van der Waals surface area contributed by atoms with Gasteiger partial charge < -0.3 is 25.8 Å². The average Bonchev–Trinajstić information content (AvgIpc) is 3.03. The molecule has 1 aliphatic heterocycles. The lowest BCUT2D eigenvalue weighted by atomic mass is 10.2. The van der Waals surface area contributed by atoms with Crippen LogP contribution in [0.2, 0.25) is 0 Å². The van der Waals surface area contributed by atoms with Crippen LogP contribution in [0.25, 0.3) is 11.2 Å². The molecule has 132 valence electrons. The lowest BCUT2D eigenvalue weighted by Crippen LogP contribution is -2.49. The Kier molecular flexibility index (Phi) is 4.83. The maximum Gasteiger partial charge on any atom is 0.296 e. The number of hydrogen-bond acceptors (Lipinski definition) is 7. The van der Waals surface area contributed by atoms with Crippen LogP contribution in [0.1, 0.15) is 13.8 Å². The van der Waals surface area contributed by atoms with Gasteiger partial charge in [0, 0.05) is 32.2 Å². The van der Waals surface area contributed by atoms with Gasteiger partial charge in [0.05, 0.1) is 13.2 Å². The largest absolute Gasteiger partial charge is 0.394 e. The standard InChI is InChI=1S/C15H25N7O2/c1-10(2)20-3-5-21(6-4-20)15-18-12-13(16)17-9-22(14(12)19-15)7-11(24)8-23/h9-11,23-24H,3-8H2,1-2H3,(H2,16,18,19)/p+1/t11-/m0/s1. The second-order valence-electron chi connectivity index (χ2n) is 6.49. The fourth-order valence-corrected chi connectivity index (χ4v) is 3.01. The summed E-state index contributed by atoms with van der Waals surface area (Å²) in [6.07, 6.45) is 0.677. The molecule has 2 aromatic heterocycles. The van der Waals surface area contributed by atoms with Crippen LogP contribution < -0.4 is 15.2 Å². The molecule has 3 rings (SSSR count). The van der Waals surface area contributed by atoms with Gasteiger partial charge in [-0.15, -0.1) is 0 Å². The van der Waals surface area contributed by atoms with E-state index in [-0.39, 0.29) is 13.2 Å². The number of aromatic nitrogens is 4. The second kappa shape index (κ2) is 6.88. The Labute approximate surface area is 140 Å². The molecular formula is C15H26N7O2+. The van der Waals surface area contributed by atoms with E-state index in [9.17, 15) is 5.11 Å². The molecule has 9 nitrogen and oxygen atoms in total. The predicted molar refractivity (Wildman–Crippen MR) is 90.5 cm³/mol. The molecule has 1 atom stereocenters. The van der Waals surface area contributed by atoms with E-state index in [4.69, 9.17) is 10.8 Å². The number of hydrogen-bond donors (Lipinski definition) is 4. The maximum absolute atomic E-state index is 9.69. The fraction of sp³-hybridized carbons (Fsp3) is 0.667. The normalized spacial score (nSPS) is 17.8. The number of fused-ring (bicyclic) bond motifs is 1. The van der Waals surface area contributed by atoms with Crippen molar-refractivity contribution in [1.29, 1.82) is 0 Å². The van der Waals surface area contributed by atoms with Gasteiger partial charge in [-0.3, -0.25) is 4.90 Å². The number of aliphatic hydroxyl groups excluding tert-OH is 2. The number of nitrogen functional groups attached to an aromatic ring is 1. The Balaban J connectivity index is 1.85. The van der Waals surface area contributed by atoms with E-state index >= 15 is 0 Å². The van der Waals surface area contributed by atoms with Gasteiger partial charge in [0.25, 0.3) is 11.6 Å². The zero-order chi connectivity index (χ0) is 17.3. The Hall–Kier alpha value is -1.97. The predicted octanol–water partition coefficient (Wildman–Crippen LogP) is -1.29. The van der Waals surface area contributed by atoms with Crippen LogP contribution in [0, 0.1) is 0 Å². The number of H-pyrrole nitrogens is 1. The highest BCUT2D eigenvalue weighted by atomic mass is 16.3. The molecule has 2 aromatic rings. The van der Waals surface area contributed by atoms with E-state index in [1.54, 1.807) is 4.57 Å². The maximum atomic E-state index is 9.69. The molecule has 0 unspecified atom stereocenters. The third kappa shape index (κ3) is 3.28. The van der Waals surface area contributed by atoms with E-state index in [0.29, 0.717) is 23.0 Å². The minimum Gasteiger partial charge on any atom is -0.394 e. The minimum absolute atomic E-state index is 0.214. The summed E-state index contributed by atoms with van der Waals surface area (Å²) in [5, 5.41) is 18.7. The zero-order valence-corrected chi connectivity index (χ0v) is 14.2. The van der Waals surface area contributed by atoms with Crippen molar-refractivity contribution < 1.29 is 14.8 Å². The number of aliphatic hydroxyl groups is 2. The first-order valence-corrected chi connectivity index (χ1v) is 8.31. The summed E-state index contributed by atoms with van der Waals surface area (Å²) in [4.78, 5) is 16.7. The van der Waals surface area contributed by atoms with E-state index in [1.165, 1.54) is 6.33 Å². The summed E-state index contributed by atoms with van der Waals surface area (Å²) in [5.41, 5.74) is 7.25. The quantitative estimate of drug-likeness (QED) is 0.502. The van der Waals surface area contributed by atoms with E-state index in [1.807, 2.05) is 0 Å². The molecule has 5 N–H and O–H groups in total. The molecule has 3 heterocycles. The molecule has 0 amide bonds. The summed E-state index contributed by atoms with van der Waals surface area (Å²) < 4.78 is 1.71. The van der Waals surface area contributed by atoms with Crippen LogP contribution in [0.4, 0.5) is 11.8 Å². The van der Waals surface area contributed by atoms with Gasteiger partial charge in [0.2, 0.25) is 12.1 Å². The van der Waals surface area contributed by atoms with Crippen molar-refractivity contribution in [1.82, 2.24) is 19.9 Å². The highest BCUT2D eigenvalue weighted by Crippen LogP contribution is 2.20. The first-order chi connectivity index (χ1) is 11.5. The SMILES string of the molecule is CC(C)N1CCN(c2nc3c([nH]2)c(N)nc[n+]3C[C@H](O)CO)CC1. The highest BCUT2D eigenvalue weighted by Gasteiger charge is 2.26. The molecule has 0 saturated carbocycles. The molecule has 0 aliphatic carbocycles. The van der Waals surface area contributed by atoms with Gasteiger partial charge in [0.1, 0.15) is 6.10 Å². The summed E-state index contributed by atoms with van der Waals surface area (Å²) in [6, 6.07) is 0.546. The average molecular weight is 336 g/mol. The fourth-order valence-electron chi connectivity index (χ4n) is 3.01. The van der Waals surface area contributed by atoms with Crippen LogP contribution in [0.3, 0.4) is 0 Å². The Morgan fingerprint density at radius 3 is 2.67 bits per heavy atom. The van der Waals surface area contributed by atoms with Gasteiger partial charge in [-0.1, -0.05) is 9.97 Å². The monoisotopic (exact) mass is 336 g/mol. The number of anilines is 2. The third-order valence-corrected chi connectivity index (χ3v) is 4.50. The molecule has 9 heteroatoms. The second-order valence-corrected chi connectivity index (χ2v) is 6.49. The molecule has 1 fully saturated rings. The number of piperazine rings is 1. The van der Waals surface area contributed by atoms with Crippen LogP contribution in [0.15, 0.2) is 6.33 Å². The van der Waals surface area contributed by atoms with Crippen molar-refractivity contribution in [2.24, 2.45) is 0 Å². The van der Waals surface area contributed by atoms with Crippen molar-refractivity contribution in [3.05, 3.63) is 6.33 Å². The molecule has 0 aromatic carbocycles. The van der Waals surface area contributed by atoms with Gasteiger partial charge in [-0.05, 0) is 13.8 Å². The van der Waals surface area contributed by atoms with Crippen LogP contribution >= 0.6 is 0 Å². The first-order valence-electron chi connectivity index (χ1n) is 8.31. The zero-order valence-electron chi connectivity index (χ0n) is 14.2. The molecule has 24 heavy (non-hydrogen) atoms. The Bertz CT molecular complexity index is 694. The smallest absolute Gasteiger partial charge is 0.296 e. The molecule has 0 bridgehead atoms. The van der Waals surface area contributed by atoms with Crippen molar-refractivity contribution in [2.45, 2.75) is 32.5 Å². The molecular weight excluding hydrogens is 310 g/mol. The number of nitrogens with two attached hydrogens (primary N) is 1. The highest BCUT2D eigenvalue weighted by molar-refractivity contribution is 5.80. The van der Waals surface area contributed by atoms with E-state index < -0.39 is 6.10 Å². The van der Waals surface area contributed by atoms with Gasteiger partial charge >= 0.3 is 0 Å². The minimum atomic E-state index is -0.863. The Morgan fingerprint density at radius 1 is 1.33 bits per heavy atom. The number of aromatic amines is 1. The van der Waals surface area contributed by atoms with Crippen molar-refractivity contribution in [3.63, 3.8) is 0 Å². The lowest BCUT2D eigenvalue weighted by molar-refractivity contribution is -0.683. The number of nitrogens with one attached hydrogen (secondary N) is 1. The number of rotatable bonds is 5. The lowest BCUT2D eigenvalue weighted by Gasteiger charge is -2.35. The van der Waals surface area contributed by atoms with Crippen LogP contribution in [-0.4, -0.2) is 75.0 Å². The van der Waals surface area contributed by atoms with Crippen molar-refractivity contribution in [3.8, 4) is 0 Å². The summed E-state index contributed by atoms with van der Waals surface area (Å²) >= 11 is 0. The number of imidazole rings is 1. The number of nitrogens with zero attached hydrogens (tertiary/aromatic N) is 5. The molecule has 1 aliphatic rings. The topological polar surface area (TPSA) is 118 Å². The van der Waals surface area contributed by atoms with Gasteiger partial charge in [0.15, 0.2) is 5.52 Å². The Morgan fingerprint density at radius 2 is 2.04 bits per heavy atom. The summed E-state index contributed by atoms with van der Waals surface area (Å²) in [6.45, 7) is 8.09. The summed E-state index contributed by atoms with van der Waals surface area (Å²) in [7, 11) is 0. The van der Waals surface area contributed by atoms with Crippen molar-refractivity contribution in [2.75, 3.05) is 43.4 Å². The van der Waals surface area contributed by atoms with E-state index in [0.717, 1.165) is 32.1 Å². The summed E-state index contributed by atoms with van der Waals surface area (Å²) in [5.74, 6) is 1.14. The van der Waals surface area contributed by atoms with Crippen LogP contribution in [0.5, 0.6) is 0 Å². The van der Waals surface area contributed by atoms with Gasteiger partial charge in [-0.25, -0.2) is 4.57 Å².